The number of halogens is 1. The lowest BCUT2D eigenvalue weighted by atomic mass is 9.72. The highest BCUT2D eigenvalue weighted by molar-refractivity contribution is 7.99. The van der Waals surface area contributed by atoms with E-state index in [1.165, 1.54) is 12.1 Å². The maximum Gasteiger partial charge on any atom is 0.336 e. The second kappa shape index (κ2) is 11.1. The summed E-state index contributed by atoms with van der Waals surface area (Å²) >= 11 is 1.69. The minimum atomic E-state index is -0.595. The van der Waals surface area contributed by atoms with Crippen LogP contribution in [0.4, 0.5) is 4.39 Å². The van der Waals surface area contributed by atoms with Gasteiger partial charge in [0.1, 0.15) is 18.2 Å². The van der Waals surface area contributed by atoms with Gasteiger partial charge in [0.05, 0.1) is 12.7 Å². The summed E-state index contributed by atoms with van der Waals surface area (Å²) in [6.07, 6.45) is 0.969. The lowest BCUT2D eigenvalue weighted by Crippen LogP contribution is -2.36. The third-order valence-corrected chi connectivity index (χ3v) is 7.37. The highest BCUT2D eigenvalue weighted by Crippen LogP contribution is 2.45. The molecule has 0 bridgehead atoms. The van der Waals surface area contributed by atoms with Gasteiger partial charge in [0.2, 0.25) is 0 Å². The highest BCUT2D eigenvalue weighted by Gasteiger charge is 2.41. The van der Waals surface area contributed by atoms with E-state index in [-0.39, 0.29) is 17.5 Å². The molecule has 5 nitrogen and oxygen atoms in total. The van der Waals surface area contributed by atoms with Gasteiger partial charge in [-0.3, -0.25) is 4.79 Å². The number of esters is 1. The Morgan fingerprint density at radius 3 is 2.43 bits per heavy atom. The zero-order chi connectivity index (χ0) is 24.9. The standard InChI is InChI=1S/C28H30FNO4S/c1-4-35-14-13-34-28(32)25-17(2)30-23-15-20(18-7-11-22(33-3)12-8-18)16-24(31)27(23)26(25)19-5-9-21(29)10-6-19/h5-12,20,26,30H,4,13-16H2,1-3H3. The summed E-state index contributed by atoms with van der Waals surface area (Å²) in [4.78, 5) is 26.8. The molecular weight excluding hydrogens is 465 g/mol. The van der Waals surface area contributed by atoms with Gasteiger partial charge in [-0.25, -0.2) is 9.18 Å². The number of dihydropyridines is 1. The number of nitrogens with one attached hydrogen (secondary N) is 1. The van der Waals surface area contributed by atoms with Gasteiger partial charge < -0.3 is 14.8 Å². The van der Waals surface area contributed by atoms with Crippen LogP contribution >= 0.6 is 11.8 Å². The van der Waals surface area contributed by atoms with E-state index in [1.807, 2.05) is 31.2 Å². The second-order valence-corrected chi connectivity index (χ2v) is 10.1. The molecular formula is C28H30FNO4S. The molecule has 1 aliphatic carbocycles. The molecule has 0 radical (unpaired) electrons. The quantitative estimate of drug-likeness (QED) is 0.386. The number of ether oxygens (including phenoxy) is 2. The van der Waals surface area contributed by atoms with Crippen LogP contribution in [-0.4, -0.2) is 37.0 Å². The number of carbonyl (C=O) groups excluding carboxylic acids is 2. The van der Waals surface area contributed by atoms with E-state index in [9.17, 15) is 14.0 Å². The fourth-order valence-corrected chi connectivity index (χ4v) is 5.32. The van der Waals surface area contributed by atoms with Gasteiger partial charge in [-0.2, -0.15) is 11.8 Å². The van der Waals surface area contributed by atoms with Crippen LogP contribution in [0, 0.1) is 5.82 Å². The number of carbonyl (C=O) groups is 2. The smallest absolute Gasteiger partial charge is 0.336 e. The Morgan fingerprint density at radius 2 is 1.77 bits per heavy atom. The summed E-state index contributed by atoms with van der Waals surface area (Å²) in [5.41, 5.74) is 4.22. The van der Waals surface area contributed by atoms with E-state index < -0.39 is 11.9 Å². The van der Waals surface area contributed by atoms with Crippen molar-refractivity contribution in [1.82, 2.24) is 5.32 Å². The number of hydrogen-bond donors (Lipinski definition) is 1. The molecule has 7 heteroatoms. The molecule has 2 aromatic carbocycles. The van der Waals surface area contributed by atoms with Gasteiger partial charge in [0, 0.05) is 35.1 Å². The summed E-state index contributed by atoms with van der Waals surface area (Å²) in [5, 5.41) is 3.35. The van der Waals surface area contributed by atoms with Crippen LogP contribution in [0.25, 0.3) is 0 Å². The van der Waals surface area contributed by atoms with Crippen molar-refractivity contribution < 1.29 is 23.5 Å². The van der Waals surface area contributed by atoms with Crippen molar-refractivity contribution in [3.05, 3.63) is 88.0 Å². The van der Waals surface area contributed by atoms with Crippen LogP contribution in [-0.2, 0) is 14.3 Å². The van der Waals surface area contributed by atoms with Crippen molar-refractivity contribution in [1.29, 1.82) is 0 Å². The Labute approximate surface area is 209 Å². The van der Waals surface area contributed by atoms with Gasteiger partial charge in [-0.15, -0.1) is 0 Å². The number of allylic oxidation sites excluding steroid dienone is 3. The van der Waals surface area contributed by atoms with Crippen molar-refractivity contribution >= 4 is 23.5 Å². The fraction of sp³-hybridized carbons (Fsp3) is 0.357. The van der Waals surface area contributed by atoms with Crippen molar-refractivity contribution in [2.24, 2.45) is 0 Å². The Balaban J connectivity index is 1.69. The monoisotopic (exact) mass is 495 g/mol. The normalized spacial score (nSPS) is 19.8. The van der Waals surface area contributed by atoms with E-state index in [0.29, 0.717) is 47.6 Å². The molecule has 2 unspecified atom stereocenters. The van der Waals surface area contributed by atoms with Gasteiger partial charge in [0.25, 0.3) is 0 Å². The topological polar surface area (TPSA) is 64.6 Å². The first-order valence-electron chi connectivity index (χ1n) is 11.8. The number of ketones is 1. The SMILES string of the molecule is CCSCCOC(=O)C1=C(C)NC2=C(C(=O)CC(c3ccc(OC)cc3)C2)C1c1ccc(F)cc1. The minimum absolute atomic E-state index is 0.0147. The molecule has 1 heterocycles. The maximum absolute atomic E-state index is 13.7. The summed E-state index contributed by atoms with van der Waals surface area (Å²) in [6.45, 7) is 4.18. The first-order chi connectivity index (χ1) is 16.9. The predicted octanol–water partition coefficient (Wildman–Crippen LogP) is 5.49. The van der Waals surface area contributed by atoms with E-state index in [1.54, 1.807) is 31.0 Å². The fourth-order valence-electron chi connectivity index (χ4n) is 4.83. The molecule has 0 amide bonds. The molecule has 2 atom stereocenters. The molecule has 4 rings (SSSR count). The Bertz CT molecular complexity index is 1150. The number of Topliss-reactive ketones (excluding diaryl/α,β-unsaturated/α-hetero) is 1. The van der Waals surface area contributed by atoms with Crippen LogP contribution in [0.3, 0.4) is 0 Å². The zero-order valence-corrected chi connectivity index (χ0v) is 21.0. The third-order valence-electron chi connectivity index (χ3n) is 6.50. The zero-order valence-electron chi connectivity index (χ0n) is 20.2. The number of thioether (sulfide) groups is 1. The average Bonchev–Trinajstić information content (AvgIpc) is 2.86. The van der Waals surface area contributed by atoms with Gasteiger partial charge in [-0.05, 0) is 60.4 Å². The van der Waals surface area contributed by atoms with Gasteiger partial charge in [0.15, 0.2) is 5.78 Å². The first kappa shape index (κ1) is 25.0. The third kappa shape index (κ3) is 5.45. The van der Waals surface area contributed by atoms with Crippen LogP contribution in [0.2, 0.25) is 0 Å². The lowest BCUT2D eigenvalue weighted by Gasteiger charge is -2.36. The van der Waals surface area contributed by atoms with E-state index >= 15 is 0 Å². The molecule has 184 valence electrons. The van der Waals surface area contributed by atoms with Crippen molar-refractivity contribution in [3.63, 3.8) is 0 Å². The van der Waals surface area contributed by atoms with Crippen molar-refractivity contribution in [3.8, 4) is 5.75 Å². The van der Waals surface area contributed by atoms with Crippen LogP contribution in [0.5, 0.6) is 5.75 Å². The van der Waals surface area contributed by atoms with E-state index in [0.717, 1.165) is 22.8 Å². The molecule has 1 aliphatic heterocycles. The minimum Gasteiger partial charge on any atom is -0.497 e. The summed E-state index contributed by atoms with van der Waals surface area (Å²) in [7, 11) is 1.62. The van der Waals surface area contributed by atoms with Crippen molar-refractivity contribution in [2.45, 2.75) is 38.5 Å². The largest absolute Gasteiger partial charge is 0.497 e. The Kier molecular flexibility index (Phi) is 7.96. The Morgan fingerprint density at radius 1 is 1.09 bits per heavy atom. The molecule has 2 aliphatic rings. The first-order valence-corrected chi connectivity index (χ1v) is 13.0. The van der Waals surface area contributed by atoms with E-state index in [4.69, 9.17) is 9.47 Å². The number of methoxy groups -OCH3 is 1. The predicted molar refractivity (Wildman–Crippen MR) is 136 cm³/mol. The molecule has 0 fully saturated rings. The molecule has 2 aromatic rings. The number of rotatable bonds is 8. The van der Waals surface area contributed by atoms with Gasteiger partial charge in [-0.1, -0.05) is 31.2 Å². The Hall–Kier alpha value is -3.06. The lowest BCUT2D eigenvalue weighted by molar-refractivity contribution is -0.138. The van der Waals surface area contributed by atoms with Crippen LogP contribution in [0.1, 0.15) is 49.7 Å². The summed E-state index contributed by atoms with van der Waals surface area (Å²) in [5.74, 6) is 1.00. The molecule has 0 aromatic heterocycles. The average molecular weight is 496 g/mol. The maximum atomic E-state index is 13.7. The van der Waals surface area contributed by atoms with Crippen LogP contribution in [0.15, 0.2) is 71.1 Å². The molecule has 0 saturated carbocycles. The molecule has 0 spiro atoms. The summed E-state index contributed by atoms with van der Waals surface area (Å²) < 4.78 is 24.6. The second-order valence-electron chi connectivity index (χ2n) is 8.67. The highest BCUT2D eigenvalue weighted by atomic mass is 32.2. The number of benzene rings is 2. The van der Waals surface area contributed by atoms with Crippen LogP contribution < -0.4 is 10.1 Å². The van der Waals surface area contributed by atoms with Crippen molar-refractivity contribution in [2.75, 3.05) is 25.2 Å². The molecule has 35 heavy (non-hydrogen) atoms. The molecule has 0 saturated heterocycles. The number of hydrogen-bond acceptors (Lipinski definition) is 6. The summed E-state index contributed by atoms with van der Waals surface area (Å²) in [6, 6.07) is 13.8. The van der Waals surface area contributed by atoms with Gasteiger partial charge >= 0.3 is 5.97 Å². The van der Waals surface area contributed by atoms with E-state index in [2.05, 4.69) is 12.2 Å². The molecule has 1 N–H and O–H groups in total.